The molecule has 0 aliphatic heterocycles. The minimum atomic E-state index is -0.477. The molecule has 0 N–H and O–H groups in total. The fourth-order valence-corrected chi connectivity index (χ4v) is 4.24. The van der Waals surface area contributed by atoms with Crippen molar-refractivity contribution < 1.29 is 0 Å². The number of hydrogen-bond acceptors (Lipinski definition) is 4. The van der Waals surface area contributed by atoms with E-state index in [9.17, 15) is 19.2 Å². The molecular weight excluding hydrogens is 428 g/mol. The molecule has 0 amide bonds. The Labute approximate surface area is 193 Å². The molecule has 34 heavy (non-hydrogen) atoms. The average molecular weight is 448 g/mol. The molecule has 0 spiro atoms. The smallest absolute Gasteiger partial charge is 0.261 e. The number of hydrogen-bond donors (Lipinski definition) is 0. The summed E-state index contributed by atoms with van der Waals surface area (Å²) in [6, 6.07) is 17.5. The van der Waals surface area contributed by atoms with E-state index in [1.165, 1.54) is 12.1 Å². The Bertz CT molecular complexity index is 1580. The van der Waals surface area contributed by atoms with Crippen LogP contribution in [0.25, 0.3) is 33.7 Å². The lowest BCUT2D eigenvalue weighted by atomic mass is 10.1. The molecule has 0 unspecified atom stereocenters. The van der Waals surface area contributed by atoms with Gasteiger partial charge in [0.2, 0.25) is 0 Å². The number of aromatic nitrogens is 2. The van der Waals surface area contributed by atoms with Gasteiger partial charge in [0.05, 0.1) is 34.6 Å². The van der Waals surface area contributed by atoms with Crippen molar-refractivity contribution in [3.8, 4) is 0 Å². The van der Waals surface area contributed by atoms with Crippen LogP contribution in [0.3, 0.4) is 0 Å². The first-order valence-electron chi connectivity index (χ1n) is 10.7. The molecule has 6 nitrogen and oxygen atoms in total. The first-order valence-corrected chi connectivity index (χ1v) is 10.7. The number of rotatable bonds is 6. The highest BCUT2D eigenvalue weighted by Gasteiger charge is 2.19. The van der Waals surface area contributed by atoms with Crippen LogP contribution in [-0.4, -0.2) is 9.13 Å². The van der Waals surface area contributed by atoms with E-state index in [2.05, 4.69) is 13.2 Å². The molecule has 5 rings (SSSR count). The normalized spacial score (nSPS) is 11.3. The summed E-state index contributed by atoms with van der Waals surface area (Å²) in [6.45, 7) is 7.63. The summed E-state index contributed by atoms with van der Waals surface area (Å²) in [4.78, 5) is 52.1. The Hall–Kier alpha value is -4.58. The Morgan fingerprint density at radius 3 is 1.09 bits per heavy atom. The first-order chi connectivity index (χ1) is 16.4. The van der Waals surface area contributed by atoms with Gasteiger partial charge in [-0.05, 0) is 34.4 Å². The van der Waals surface area contributed by atoms with Crippen molar-refractivity contribution >= 4 is 33.7 Å². The average Bonchev–Trinajstić information content (AvgIpc) is 3.24. The fourth-order valence-electron chi connectivity index (χ4n) is 4.24. The zero-order valence-electron chi connectivity index (χ0n) is 18.3. The molecule has 0 saturated carbocycles. The molecular formula is C28H20N2O4. The van der Waals surface area contributed by atoms with E-state index < -0.39 is 22.2 Å². The minimum Gasteiger partial charge on any atom is -0.270 e. The van der Waals surface area contributed by atoms with Crippen molar-refractivity contribution in [2.45, 2.75) is 13.1 Å². The fraction of sp³-hybridized carbons (Fsp3) is 0.0714. The van der Waals surface area contributed by atoms with Gasteiger partial charge in [0, 0.05) is 0 Å². The van der Waals surface area contributed by atoms with Crippen LogP contribution < -0.4 is 22.2 Å². The van der Waals surface area contributed by atoms with Gasteiger partial charge in [-0.25, -0.2) is 0 Å². The van der Waals surface area contributed by atoms with E-state index in [1.807, 2.05) is 48.5 Å². The van der Waals surface area contributed by atoms with E-state index in [-0.39, 0.29) is 34.6 Å². The molecule has 0 radical (unpaired) electrons. The highest BCUT2D eigenvalue weighted by Crippen LogP contribution is 2.16. The van der Waals surface area contributed by atoms with Crippen LogP contribution in [0.4, 0.5) is 0 Å². The van der Waals surface area contributed by atoms with E-state index in [4.69, 9.17) is 0 Å². The Morgan fingerprint density at radius 1 is 0.529 bits per heavy atom. The lowest BCUT2D eigenvalue weighted by Crippen LogP contribution is -2.26. The summed E-state index contributed by atoms with van der Waals surface area (Å²) in [6.07, 6.45) is 3.42. The Morgan fingerprint density at radius 2 is 0.824 bits per heavy atom. The summed E-state index contributed by atoms with van der Waals surface area (Å²) in [5.74, 6) is 0. The predicted molar refractivity (Wildman–Crippen MR) is 136 cm³/mol. The molecule has 0 fully saturated rings. The van der Waals surface area contributed by atoms with Crippen molar-refractivity contribution in [2.24, 2.45) is 0 Å². The van der Waals surface area contributed by atoms with Gasteiger partial charge in [-0.15, -0.1) is 0 Å². The zero-order chi connectivity index (χ0) is 24.0. The van der Waals surface area contributed by atoms with Gasteiger partial charge >= 0.3 is 0 Å². The summed E-state index contributed by atoms with van der Waals surface area (Å²) < 4.78 is 2.27. The van der Waals surface area contributed by atoms with E-state index >= 15 is 0 Å². The van der Waals surface area contributed by atoms with Crippen molar-refractivity contribution in [1.29, 1.82) is 0 Å². The maximum Gasteiger partial charge on any atom is 0.261 e. The van der Waals surface area contributed by atoms with E-state index in [0.717, 1.165) is 31.4 Å². The van der Waals surface area contributed by atoms with Gasteiger partial charge in [-0.2, -0.15) is 0 Å². The lowest BCUT2D eigenvalue weighted by Gasteiger charge is -2.02. The van der Waals surface area contributed by atoms with Gasteiger partial charge in [-0.1, -0.05) is 73.8 Å². The molecule has 2 aromatic heterocycles. The summed E-state index contributed by atoms with van der Waals surface area (Å²) in [5, 5.41) is 0.573. The highest BCUT2D eigenvalue weighted by atomic mass is 16.2. The Kier molecular flexibility index (Phi) is 5.06. The molecule has 3 aromatic carbocycles. The van der Waals surface area contributed by atoms with E-state index in [0.29, 0.717) is 0 Å². The third-order valence-corrected chi connectivity index (χ3v) is 6.17. The third-order valence-electron chi connectivity index (χ3n) is 6.17. The second kappa shape index (κ2) is 8.08. The van der Waals surface area contributed by atoms with Gasteiger partial charge < -0.3 is 0 Å². The number of fused-ring (bicyclic) bond motifs is 2. The van der Waals surface area contributed by atoms with Crippen molar-refractivity contribution in [3.63, 3.8) is 0 Å². The van der Waals surface area contributed by atoms with Crippen molar-refractivity contribution in [3.05, 3.63) is 137 Å². The molecule has 0 aliphatic rings. The standard InChI is InChI=1S/C28H20N2O4/c1-3-17-5-9-19(10-6-17)15-29-25(31)21-13-23-24(14-22(21)26(29)32)28(34)30(27(23)33)16-20-11-7-18(4-2)8-12-20/h3-14H,1-2,15-16H2. The lowest BCUT2D eigenvalue weighted by molar-refractivity contribution is 0.753. The van der Waals surface area contributed by atoms with Gasteiger partial charge in [-0.3, -0.25) is 28.3 Å². The molecule has 0 aliphatic carbocycles. The second-order valence-corrected chi connectivity index (χ2v) is 8.23. The van der Waals surface area contributed by atoms with Gasteiger partial charge in [0.25, 0.3) is 22.2 Å². The maximum atomic E-state index is 13.0. The van der Waals surface area contributed by atoms with Crippen LogP contribution in [0.5, 0.6) is 0 Å². The van der Waals surface area contributed by atoms with Crippen LogP contribution in [0.15, 0.2) is 93.0 Å². The number of benzene rings is 3. The zero-order valence-corrected chi connectivity index (χ0v) is 18.3. The quantitative estimate of drug-likeness (QED) is 0.399. The molecule has 5 aromatic rings. The van der Waals surface area contributed by atoms with Crippen LogP contribution >= 0.6 is 0 Å². The summed E-state index contributed by atoms with van der Waals surface area (Å²) >= 11 is 0. The highest BCUT2D eigenvalue weighted by molar-refractivity contribution is 5.97. The van der Waals surface area contributed by atoms with Crippen LogP contribution in [0.2, 0.25) is 0 Å². The van der Waals surface area contributed by atoms with Crippen LogP contribution in [0, 0.1) is 0 Å². The van der Waals surface area contributed by atoms with Crippen molar-refractivity contribution in [1.82, 2.24) is 9.13 Å². The predicted octanol–water partition coefficient (Wildman–Crippen LogP) is 3.30. The molecule has 0 atom stereocenters. The van der Waals surface area contributed by atoms with Crippen LogP contribution in [0.1, 0.15) is 22.3 Å². The monoisotopic (exact) mass is 448 g/mol. The second-order valence-electron chi connectivity index (χ2n) is 8.23. The number of nitrogens with zero attached hydrogens (tertiary/aromatic N) is 2. The summed E-state index contributed by atoms with van der Waals surface area (Å²) in [5.41, 5.74) is 1.52. The van der Waals surface area contributed by atoms with Crippen LogP contribution in [-0.2, 0) is 13.1 Å². The minimum absolute atomic E-state index is 0.100. The molecule has 0 bridgehead atoms. The summed E-state index contributed by atoms with van der Waals surface area (Å²) in [7, 11) is 0. The maximum absolute atomic E-state index is 13.0. The first kappa shape index (κ1) is 21.3. The molecule has 6 heteroatoms. The van der Waals surface area contributed by atoms with Crippen molar-refractivity contribution in [2.75, 3.05) is 0 Å². The SMILES string of the molecule is C=Cc1ccc(Cn2c(=O)c3cc4c(=O)n(Cc5ccc(C=C)cc5)c(=O)c4cc3c2=O)cc1. The largest absolute Gasteiger partial charge is 0.270 e. The molecule has 166 valence electrons. The van der Waals surface area contributed by atoms with Gasteiger partial charge in [0.1, 0.15) is 0 Å². The third kappa shape index (κ3) is 3.36. The van der Waals surface area contributed by atoms with E-state index in [1.54, 1.807) is 12.2 Å². The molecule has 2 heterocycles. The topological polar surface area (TPSA) is 78.1 Å². The Balaban J connectivity index is 1.60. The molecule has 0 saturated heterocycles. The van der Waals surface area contributed by atoms with Gasteiger partial charge in [0.15, 0.2) is 0 Å².